The molecule has 0 unspecified atom stereocenters. The maximum Gasteiger partial charge on any atom is 0.410 e. The molecule has 1 saturated heterocycles. The van der Waals surface area contributed by atoms with Crippen molar-refractivity contribution < 1.29 is 9.53 Å². The monoisotopic (exact) mass is 380 g/mol. The van der Waals surface area contributed by atoms with Crippen LogP contribution in [0.5, 0.6) is 0 Å². The Bertz CT molecular complexity index is 714. The number of hydrogen-bond donors (Lipinski definition) is 0. The molecule has 1 fully saturated rings. The number of halogens is 1. The number of aromatic nitrogens is 3. The molecule has 7 heteroatoms. The van der Waals surface area contributed by atoms with Crippen LogP contribution in [0.3, 0.4) is 0 Å². The topological polar surface area (TPSA) is 60.2 Å². The Morgan fingerprint density at radius 2 is 2.04 bits per heavy atom. The number of hydrogen-bond acceptors (Lipinski definition) is 4. The SMILES string of the molecule is CC(C)(C)OC(=O)N1CCC(n2nc(Br)c3cnccc32)CC1. The molecular weight excluding hydrogens is 360 g/mol. The van der Waals surface area contributed by atoms with Crippen LogP contribution in [0.2, 0.25) is 0 Å². The number of carbonyl (C=O) groups is 1. The third kappa shape index (κ3) is 3.49. The fourth-order valence-electron chi connectivity index (χ4n) is 2.85. The summed E-state index contributed by atoms with van der Waals surface area (Å²) in [6.45, 7) is 7.03. The first-order valence-corrected chi connectivity index (χ1v) is 8.60. The summed E-state index contributed by atoms with van der Waals surface area (Å²) < 4.78 is 8.31. The number of likely N-dealkylation sites (tertiary alicyclic amines) is 1. The van der Waals surface area contributed by atoms with Gasteiger partial charge in [-0.2, -0.15) is 5.10 Å². The largest absolute Gasteiger partial charge is 0.444 e. The van der Waals surface area contributed by atoms with Gasteiger partial charge in [-0.15, -0.1) is 0 Å². The van der Waals surface area contributed by atoms with Gasteiger partial charge in [0, 0.05) is 25.5 Å². The van der Waals surface area contributed by atoms with Gasteiger partial charge in [-0.05, 0) is 55.6 Å². The third-order valence-electron chi connectivity index (χ3n) is 3.92. The second kappa shape index (κ2) is 6.11. The normalized spacial score (nSPS) is 16.8. The number of amides is 1. The lowest BCUT2D eigenvalue weighted by molar-refractivity contribution is 0.0186. The average Bonchev–Trinajstić information content (AvgIpc) is 2.83. The molecule has 0 N–H and O–H groups in total. The summed E-state index contributed by atoms with van der Waals surface area (Å²) in [4.78, 5) is 18.1. The van der Waals surface area contributed by atoms with E-state index in [0.717, 1.165) is 28.3 Å². The Morgan fingerprint density at radius 3 is 2.70 bits per heavy atom. The Labute approximate surface area is 143 Å². The second-order valence-electron chi connectivity index (χ2n) is 6.83. The molecule has 0 atom stereocenters. The maximum absolute atomic E-state index is 12.1. The van der Waals surface area contributed by atoms with Crippen molar-refractivity contribution in [1.29, 1.82) is 0 Å². The highest BCUT2D eigenvalue weighted by Crippen LogP contribution is 2.30. The summed E-state index contributed by atoms with van der Waals surface area (Å²) in [5, 5.41) is 5.62. The Morgan fingerprint density at radius 1 is 1.35 bits per heavy atom. The third-order valence-corrected chi connectivity index (χ3v) is 4.51. The zero-order chi connectivity index (χ0) is 16.6. The van der Waals surface area contributed by atoms with Crippen LogP contribution in [0.25, 0.3) is 10.9 Å². The first-order chi connectivity index (χ1) is 10.8. The lowest BCUT2D eigenvalue weighted by atomic mass is 10.1. The minimum absolute atomic E-state index is 0.230. The molecule has 0 aliphatic carbocycles. The van der Waals surface area contributed by atoms with Crippen LogP contribution in [0.1, 0.15) is 39.7 Å². The van der Waals surface area contributed by atoms with E-state index in [1.807, 2.05) is 37.7 Å². The van der Waals surface area contributed by atoms with E-state index in [-0.39, 0.29) is 12.1 Å². The van der Waals surface area contributed by atoms with Crippen LogP contribution in [0.15, 0.2) is 23.1 Å². The van der Waals surface area contributed by atoms with Crippen LogP contribution in [0, 0.1) is 0 Å². The number of nitrogens with zero attached hydrogens (tertiary/aromatic N) is 4. The molecule has 1 aliphatic rings. The molecule has 124 valence electrons. The Kier molecular flexibility index (Phi) is 4.31. The summed E-state index contributed by atoms with van der Waals surface area (Å²) in [5.41, 5.74) is 0.617. The van der Waals surface area contributed by atoms with Gasteiger partial charge in [0.2, 0.25) is 0 Å². The predicted octanol–water partition coefficient (Wildman–Crippen LogP) is 3.77. The zero-order valence-electron chi connectivity index (χ0n) is 13.6. The van der Waals surface area contributed by atoms with E-state index < -0.39 is 5.60 Å². The number of ether oxygens (including phenoxy) is 1. The summed E-state index contributed by atoms with van der Waals surface area (Å²) in [6, 6.07) is 2.26. The van der Waals surface area contributed by atoms with E-state index in [2.05, 4.69) is 26.0 Å². The first-order valence-electron chi connectivity index (χ1n) is 7.81. The molecule has 0 aromatic carbocycles. The molecule has 3 rings (SSSR count). The van der Waals surface area contributed by atoms with E-state index in [0.29, 0.717) is 13.1 Å². The summed E-state index contributed by atoms with van der Waals surface area (Å²) in [6.07, 6.45) is 5.10. The predicted molar refractivity (Wildman–Crippen MR) is 91.3 cm³/mol. The molecule has 0 bridgehead atoms. The molecule has 0 spiro atoms. The van der Waals surface area contributed by atoms with Crippen molar-refractivity contribution >= 4 is 32.9 Å². The lowest BCUT2D eigenvalue weighted by Gasteiger charge is -2.33. The fourth-order valence-corrected chi connectivity index (χ4v) is 3.32. The van der Waals surface area contributed by atoms with Gasteiger partial charge in [0.15, 0.2) is 0 Å². The number of piperidine rings is 1. The highest BCUT2D eigenvalue weighted by Gasteiger charge is 2.28. The Balaban J connectivity index is 1.70. The van der Waals surface area contributed by atoms with Crippen molar-refractivity contribution in [3.05, 3.63) is 23.1 Å². The quantitative estimate of drug-likeness (QED) is 0.755. The van der Waals surface area contributed by atoms with Crippen LogP contribution >= 0.6 is 15.9 Å². The average molecular weight is 381 g/mol. The number of carbonyl (C=O) groups excluding carboxylic acids is 1. The van der Waals surface area contributed by atoms with Crippen LogP contribution in [0.4, 0.5) is 4.79 Å². The van der Waals surface area contributed by atoms with E-state index >= 15 is 0 Å². The van der Waals surface area contributed by atoms with Crippen molar-refractivity contribution in [2.45, 2.75) is 45.3 Å². The summed E-state index contributed by atoms with van der Waals surface area (Å²) >= 11 is 3.50. The number of fused-ring (bicyclic) bond motifs is 1. The van der Waals surface area contributed by atoms with Gasteiger partial charge in [0.1, 0.15) is 10.2 Å². The maximum atomic E-state index is 12.1. The second-order valence-corrected chi connectivity index (χ2v) is 7.58. The van der Waals surface area contributed by atoms with Crippen molar-refractivity contribution in [3.8, 4) is 0 Å². The molecule has 0 saturated carbocycles. The van der Waals surface area contributed by atoms with Gasteiger partial charge in [-0.1, -0.05) is 0 Å². The minimum atomic E-state index is -0.454. The molecule has 23 heavy (non-hydrogen) atoms. The molecule has 0 radical (unpaired) electrons. The Hall–Kier alpha value is -1.63. The van der Waals surface area contributed by atoms with Crippen molar-refractivity contribution in [2.24, 2.45) is 0 Å². The molecule has 2 aromatic heterocycles. The molecule has 3 heterocycles. The van der Waals surface area contributed by atoms with Crippen molar-refractivity contribution in [3.63, 3.8) is 0 Å². The molecule has 1 amide bonds. The number of pyridine rings is 1. The zero-order valence-corrected chi connectivity index (χ0v) is 15.2. The van der Waals surface area contributed by atoms with Gasteiger partial charge in [0.25, 0.3) is 0 Å². The smallest absolute Gasteiger partial charge is 0.410 e. The standard InChI is InChI=1S/C16H21BrN4O2/c1-16(2,3)23-15(22)20-8-5-11(6-9-20)21-13-4-7-18-10-12(13)14(17)19-21/h4,7,10-11H,5-6,8-9H2,1-3H3. The fraction of sp³-hybridized carbons (Fsp3) is 0.562. The first kappa shape index (κ1) is 16.2. The van der Waals surface area contributed by atoms with E-state index in [9.17, 15) is 4.79 Å². The summed E-state index contributed by atoms with van der Waals surface area (Å²) in [7, 11) is 0. The highest BCUT2D eigenvalue weighted by molar-refractivity contribution is 9.10. The van der Waals surface area contributed by atoms with Gasteiger partial charge in [-0.3, -0.25) is 9.67 Å². The van der Waals surface area contributed by atoms with Crippen LogP contribution in [-0.4, -0.2) is 44.4 Å². The van der Waals surface area contributed by atoms with Crippen molar-refractivity contribution in [2.75, 3.05) is 13.1 Å². The van der Waals surface area contributed by atoms with Gasteiger partial charge in [0.05, 0.1) is 16.9 Å². The molecule has 2 aromatic rings. The van der Waals surface area contributed by atoms with E-state index in [4.69, 9.17) is 4.74 Å². The summed E-state index contributed by atoms with van der Waals surface area (Å²) in [5.74, 6) is 0. The van der Waals surface area contributed by atoms with E-state index in [1.165, 1.54) is 0 Å². The highest BCUT2D eigenvalue weighted by atomic mass is 79.9. The van der Waals surface area contributed by atoms with Crippen molar-refractivity contribution in [1.82, 2.24) is 19.7 Å². The molecule has 6 nitrogen and oxygen atoms in total. The van der Waals surface area contributed by atoms with Gasteiger partial charge in [-0.25, -0.2) is 4.79 Å². The van der Waals surface area contributed by atoms with Crippen LogP contribution in [-0.2, 0) is 4.74 Å². The molecular formula is C16H21BrN4O2. The minimum Gasteiger partial charge on any atom is -0.444 e. The number of rotatable bonds is 1. The van der Waals surface area contributed by atoms with Gasteiger partial charge < -0.3 is 9.64 Å². The molecule has 1 aliphatic heterocycles. The van der Waals surface area contributed by atoms with E-state index in [1.54, 1.807) is 11.1 Å². The van der Waals surface area contributed by atoms with Crippen LogP contribution < -0.4 is 0 Å². The lowest BCUT2D eigenvalue weighted by Crippen LogP contribution is -2.42. The van der Waals surface area contributed by atoms with Gasteiger partial charge >= 0.3 is 6.09 Å².